The maximum atomic E-state index is 5.41. The summed E-state index contributed by atoms with van der Waals surface area (Å²) in [6.45, 7) is 9.79. The van der Waals surface area contributed by atoms with E-state index in [0.717, 1.165) is 17.7 Å². The van der Waals surface area contributed by atoms with Gasteiger partial charge in [0.05, 0.1) is 12.6 Å². The predicted molar refractivity (Wildman–Crippen MR) is 80.1 cm³/mol. The Bertz CT molecular complexity index is 640. The molecule has 0 unspecified atom stereocenters. The van der Waals surface area contributed by atoms with Gasteiger partial charge < -0.3 is 14.3 Å². The van der Waals surface area contributed by atoms with Crippen LogP contribution in [0, 0.1) is 16.1 Å². The molecule has 2 aromatic heterocycles. The second kappa shape index (κ2) is 4.96. The molecule has 0 radical (unpaired) electrons. The molecule has 0 saturated carbocycles. The topological polar surface area (TPSA) is 42.8 Å². The predicted octanol–water partition coefficient (Wildman–Crippen LogP) is 3.78. The van der Waals surface area contributed by atoms with E-state index in [9.17, 15) is 0 Å². The molecule has 0 aliphatic heterocycles. The average molecular weight is 279 g/mol. The van der Waals surface area contributed by atoms with Crippen molar-refractivity contribution in [2.45, 2.75) is 34.2 Å². The first kappa shape index (κ1) is 14.1. The molecule has 0 aromatic carbocycles. The van der Waals surface area contributed by atoms with E-state index in [-0.39, 0.29) is 5.41 Å². The first-order valence-corrected chi connectivity index (χ1v) is 6.89. The van der Waals surface area contributed by atoms with E-state index in [4.69, 9.17) is 17.0 Å². The number of pyridine rings is 1. The normalized spacial score (nSPS) is 12.3. The largest absolute Gasteiger partial charge is 0.481 e. The molecular formula is C14H21N3OS. The minimum Gasteiger partial charge on any atom is -0.481 e. The molecule has 0 bridgehead atoms. The monoisotopic (exact) mass is 279 g/mol. The molecule has 0 spiro atoms. The van der Waals surface area contributed by atoms with Crippen molar-refractivity contribution in [3.05, 3.63) is 16.9 Å². The van der Waals surface area contributed by atoms with Gasteiger partial charge in [-0.15, -0.1) is 0 Å². The molecule has 5 heteroatoms. The third-order valence-corrected chi connectivity index (χ3v) is 4.25. The summed E-state index contributed by atoms with van der Waals surface area (Å²) in [6, 6.07) is 3.79. The summed E-state index contributed by atoms with van der Waals surface area (Å²) < 4.78 is 7.97. The highest BCUT2D eigenvalue weighted by Gasteiger charge is 2.24. The van der Waals surface area contributed by atoms with Crippen LogP contribution in [0.1, 0.15) is 27.7 Å². The summed E-state index contributed by atoms with van der Waals surface area (Å²) >= 11 is 5.41. The molecule has 0 amide bonds. The Morgan fingerprint density at radius 1 is 1.42 bits per heavy atom. The van der Waals surface area contributed by atoms with Crippen molar-refractivity contribution in [3.63, 3.8) is 0 Å². The molecule has 1 N–H and O–H groups in total. The average Bonchev–Trinajstić information content (AvgIpc) is 2.64. The third kappa shape index (κ3) is 2.66. The number of aromatic nitrogens is 3. The highest BCUT2D eigenvalue weighted by Crippen LogP contribution is 2.30. The lowest BCUT2D eigenvalue weighted by atomic mass is 9.81. The molecule has 0 atom stereocenters. The standard InChI is InChI=1S/C14H21N3OS/c1-9(2)14(3,4)8-17-12-10(15-13(17)19)6-7-11(16-12)18-5/h6-7,9H,8H2,1-5H3,(H,15,19). The number of hydrogen-bond donors (Lipinski definition) is 1. The van der Waals surface area contributed by atoms with Crippen molar-refractivity contribution >= 4 is 23.4 Å². The van der Waals surface area contributed by atoms with Crippen LogP contribution in [0.4, 0.5) is 0 Å². The minimum atomic E-state index is 0.151. The number of nitrogens with zero attached hydrogens (tertiary/aromatic N) is 2. The number of fused-ring (bicyclic) bond motifs is 1. The van der Waals surface area contributed by atoms with E-state index < -0.39 is 0 Å². The third-order valence-electron chi connectivity index (χ3n) is 3.93. The molecular weight excluding hydrogens is 258 g/mol. The Morgan fingerprint density at radius 3 is 2.68 bits per heavy atom. The molecule has 2 rings (SSSR count). The van der Waals surface area contributed by atoms with E-state index in [0.29, 0.717) is 16.6 Å². The van der Waals surface area contributed by atoms with Gasteiger partial charge in [-0.25, -0.2) is 0 Å². The first-order chi connectivity index (χ1) is 8.85. The summed E-state index contributed by atoms with van der Waals surface area (Å²) in [6.07, 6.45) is 0. The van der Waals surface area contributed by atoms with Crippen LogP contribution in [-0.2, 0) is 6.54 Å². The SMILES string of the molecule is COc1ccc2[nH]c(=S)n(CC(C)(C)C(C)C)c2n1. The van der Waals surface area contributed by atoms with E-state index in [2.05, 4.69) is 42.2 Å². The fourth-order valence-corrected chi connectivity index (χ4v) is 2.12. The summed E-state index contributed by atoms with van der Waals surface area (Å²) in [5.41, 5.74) is 1.96. The zero-order chi connectivity index (χ0) is 14.2. The first-order valence-electron chi connectivity index (χ1n) is 6.48. The lowest BCUT2D eigenvalue weighted by Crippen LogP contribution is -2.25. The molecule has 2 aromatic rings. The Labute approximate surface area is 118 Å². The van der Waals surface area contributed by atoms with E-state index in [1.165, 1.54) is 0 Å². The van der Waals surface area contributed by atoms with Gasteiger partial charge in [0.2, 0.25) is 5.88 Å². The lowest BCUT2D eigenvalue weighted by molar-refractivity contribution is 0.211. The summed E-state index contributed by atoms with van der Waals surface area (Å²) in [4.78, 5) is 7.70. The van der Waals surface area contributed by atoms with Gasteiger partial charge in [0.1, 0.15) is 0 Å². The second-order valence-electron chi connectivity index (χ2n) is 5.88. The van der Waals surface area contributed by atoms with Crippen LogP contribution in [0.5, 0.6) is 5.88 Å². The molecule has 4 nitrogen and oxygen atoms in total. The number of H-pyrrole nitrogens is 1. The summed E-state index contributed by atoms with van der Waals surface area (Å²) in [7, 11) is 1.62. The van der Waals surface area contributed by atoms with Crippen molar-refractivity contribution in [1.82, 2.24) is 14.5 Å². The fraction of sp³-hybridized carbons (Fsp3) is 0.571. The zero-order valence-electron chi connectivity index (χ0n) is 12.2. The van der Waals surface area contributed by atoms with Crippen molar-refractivity contribution < 1.29 is 4.74 Å². The van der Waals surface area contributed by atoms with E-state index in [1.54, 1.807) is 7.11 Å². The quantitative estimate of drug-likeness (QED) is 0.866. The Morgan fingerprint density at radius 2 is 2.11 bits per heavy atom. The molecule has 0 fully saturated rings. The van der Waals surface area contributed by atoms with E-state index >= 15 is 0 Å². The number of ether oxygens (including phenoxy) is 1. The molecule has 0 saturated heterocycles. The van der Waals surface area contributed by atoms with Crippen LogP contribution in [0.15, 0.2) is 12.1 Å². The molecule has 0 aliphatic rings. The van der Waals surface area contributed by atoms with Crippen LogP contribution in [-0.4, -0.2) is 21.6 Å². The molecule has 0 aliphatic carbocycles. The van der Waals surface area contributed by atoms with Crippen molar-refractivity contribution in [1.29, 1.82) is 0 Å². The summed E-state index contributed by atoms with van der Waals surface area (Å²) in [5, 5.41) is 0. The molecule has 2 heterocycles. The van der Waals surface area contributed by atoms with Crippen molar-refractivity contribution in [2.24, 2.45) is 11.3 Å². The number of hydrogen-bond acceptors (Lipinski definition) is 3. The maximum absolute atomic E-state index is 5.41. The van der Waals surface area contributed by atoms with Crippen LogP contribution < -0.4 is 4.74 Å². The smallest absolute Gasteiger partial charge is 0.215 e. The Hall–Kier alpha value is -1.36. The second-order valence-corrected chi connectivity index (χ2v) is 6.27. The van der Waals surface area contributed by atoms with Gasteiger partial charge in [-0.3, -0.25) is 0 Å². The van der Waals surface area contributed by atoms with Crippen LogP contribution >= 0.6 is 12.2 Å². The Kier molecular flexibility index (Phi) is 3.67. The van der Waals surface area contributed by atoms with Gasteiger partial charge in [-0.2, -0.15) is 4.98 Å². The van der Waals surface area contributed by atoms with Gasteiger partial charge in [-0.05, 0) is 29.6 Å². The van der Waals surface area contributed by atoms with Crippen molar-refractivity contribution in [2.75, 3.05) is 7.11 Å². The fourth-order valence-electron chi connectivity index (χ4n) is 1.86. The van der Waals surface area contributed by atoms with Gasteiger partial charge in [0.25, 0.3) is 0 Å². The highest BCUT2D eigenvalue weighted by atomic mass is 32.1. The zero-order valence-corrected chi connectivity index (χ0v) is 13.0. The number of rotatable bonds is 4. The minimum absolute atomic E-state index is 0.151. The van der Waals surface area contributed by atoms with Crippen LogP contribution in [0.3, 0.4) is 0 Å². The number of methoxy groups -OCH3 is 1. The Balaban J connectivity index is 2.53. The van der Waals surface area contributed by atoms with Crippen LogP contribution in [0.2, 0.25) is 0 Å². The number of aromatic amines is 1. The summed E-state index contributed by atoms with van der Waals surface area (Å²) in [5.74, 6) is 1.17. The molecule has 19 heavy (non-hydrogen) atoms. The molecule has 104 valence electrons. The number of nitrogens with one attached hydrogen (secondary N) is 1. The highest BCUT2D eigenvalue weighted by molar-refractivity contribution is 7.71. The van der Waals surface area contributed by atoms with Gasteiger partial charge in [-0.1, -0.05) is 27.7 Å². The van der Waals surface area contributed by atoms with Crippen LogP contribution in [0.25, 0.3) is 11.2 Å². The maximum Gasteiger partial charge on any atom is 0.215 e. The van der Waals surface area contributed by atoms with Crippen molar-refractivity contribution in [3.8, 4) is 5.88 Å². The van der Waals surface area contributed by atoms with E-state index in [1.807, 2.05) is 12.1 Å². The van der Waals surface area contributed by atoms with Gasteiger partial charge in [0, 0.05) is 12.6 Å². The van der Waals surface area contributed by atoms with Gasteiger partial charge in [0.15, 0.2) is 10.4 Å². The number of imidazole rings is 1. The van der Waals surface area contributed by atoms with Gasteiger partial charge >= 0.3 is 0 Å². The lowest BCUT2D eigenvalue weighted by Gasteiger charge is -2.29.